The van der Waals surface area contributed by atoms with Crippen LogP contribution in [0.5, 0.6) is 5.88 Å². The summed E-state index contributed by atoms with van der Waals surface area (Å²) in [5.41, 5.74) is 0.681. The maximum Gasteiger partial charge on any atom is 0.372 e. The van der Waals surface area contributed by atoms with Gasteiger partial charge >= 0.3 is 5.69 Å². The Kier molecular flexibility index (Phi) is 5.21. The number of rotatable bonds is 7. The third kappa shape index (κ3) is 3.67. The maximum absolute atomic E-state index is 11.3. The fraction of sp³-hybridized carbons (Fsp3) is 0.286. The first-order valence-electron chi connectivity index (χ1n) is 6.51. The number of nitrogens with one attached hydrogen (secondary N) is 1. The van der Waals surface area contributed by atoms with Crippen LogP contribution in [-0.4, -0.2) is 29.1 Å². The van der Waals surface area contributed by atoms with Gasteiger partial charge in [-0.3, -0.25) is 10.1 Å². The Balaban J connectivity index is 2.33. The zero-order valence-electron chi connectivity index (χ0n) is 12.3. The van der Waals surface area contributed by atoms with Gasteiger partial charge in [0.05, 0.1) is 12.0 Å². The van der Waals surface area contributed by atoms with Crippen LogP contribution >= 0.6 is 0 Å². The van der Waals surface area contributed by atoms with Crippen LogP contribution in [0.1, 0.15) is 11.4 Å². The van der Waals surface area contributed by atoms with Crippen molar-refractivity contribution < 1.29 is 14.4 Å². The molecule has 0 saturated heterocycles. The highest BCUT2D eigenvalue weighted by Gasteiger charge is 2.25. The summed E-state index contributed by atoms with van der Waals surface area (Å²) in [6.07, 6.45) is 0. The Morgan fingerprint density at radius 1 is 1.23 bits per heavy atom. The number of aromatic nitrogens is 2. The molecule has 0 spiro atoms. The quantitative estimate of drug-likeness (QED) is 0.618. The second kappa shape index (κ2) is 7.32. The molecule has 22 heavy (non-hydrogen) atoms. The van der Waals surface area contributed by atoms with Gasteiger partial charge in [0.15, 0.2) is 5.82 Å². The molecule has 0 aliphatic rings. The molecule has 1 aromatic carbocycles. The second-order valence-electron chi connectivity index (χ2n) is 4.38. The number of benzene rings is 1. The minimum atomic E-state index is -0.567. The van der Waals surface area contributed by atoms with Crippen molar-refractivity contribution >= 4 is 11.5 Å². The summed E-state index contributed by atoms with van der Waals surface area (Å²) in [6, 6.07) is 9.50. The molecule has 0 aliphatic heterocycles. The van der Waals surface area contributed by atoms with Gasteiger partial charge in [-0.2, -0.15) is 4.98 Å². The lowest BCUT2D eigenvalue weighted by Gasteiger charge is -2.10. The molecule has 116 valence electrons. The lowest BCUT2D eigenvalue weighted by Crippen LogP contribution is -2.10. The number of ether oxygens (including phenoxy) is 2. The van der Waals surface area contributed by atoms with Crippen molar-refractivity contribution in [3.63, 3.8) is 0 Å². The first-order valence-corrected chi connectivity index (χ1v) is 6.51. The monoisotopic (exact) mass is 304 g/mol. The number of anilines is 1. The topological polar surface area (TPSA) is 99.4 Å². The largest absolute Gasteiger partial charge is 0.476 e. The molecule has 0 fully saturated rings. The SMILES string of the molecule is COCc1nc(NCc2ccccc2)c([N+](=O)[O-])c(OC)n1. The Morgan fingerprint density at radius 2 is 1.95 bits per heavy atom. The summed E-state index contributed by atoms with van der Waals surface area (Å²) in [6.45, 7) is 0.530. The van der Waals surface area contributed by atoms with Crippen LogP contribution in [0.25, 0.3) is 0 Å². The van der Waals surface area contributed by atoms with E-state index in [2.05, 4.69) is 15.3 Å². The maximum atomic E-state index is 11.3. The van der Waals surface area contributed by atoms with Gasteiger partial charge in [0.1, 0.15) is 6.61 Å². The van der Waals surface area contributed by atoms with Gasteiger partial charge in [0.25, 0.3) is 5.88 Å². The molecule has 1 heterocycles. The Hall–Kier alpha value is -2.74. The summed E-state index contributed by atoms with van der Waals surface area (Å²) in [4.78, 5) is 18.8. The molecule has 0 bridgehead atoms. The summed E-state index contributed by atoms with van der Waals surface area (Å²) >= 11 is 0. The molecule has 2 rings (SSSR count). The molecule has 0 unspecified atom stereocenters. The first kappa shape index (κ1) is 15.6. The van der Waals surface area contributed by atoms with Crippen molar-refractivity contribution in [3.8, 4) is 5.88 Å². The van der Waals surface area contributed by atoms with Crippen LogP contribution < -0.4 is 10.1 Å². The number of nitro groups is 1. The Labute approximate surface area is 127 Å². The fourth-order valence-corrected chi connectivity index (χ4v) is 1.88. The zero-order valence-corrected chi connectivity index (χ0v) is 12.3. The van der Waals surface area contributed by atoms with Crippen LogP contribution in [-0.2, 0) is 17.9 Å². The highest BCUT2D eigenvalue weighted by atomic mass is 16.6. The lowest BCUT2D eigenvalue weighted by molar-refractivity contribution is -0.385. The van der Waals surface area contributed by atoms with Crippen molar-refractivity contribution in [2.24, 2.45) is 0 Å². The van der Waals surface area contributed by atoms with E-state index in [4.69, 9.17) is 9.47 Å². The molecule has 8 heteroatoms. The molecule has 0 amide bonds. The molecule has 0 atom stereocenters. The number of methoxy groups -OCH3 is 2. The lowest BCUT2D eigenvalue weighted by atomic mass is 10.2. The predicted molar refractivity (Wildman–Crippen MR) is 79.7 cm³/mol. The molecule has 8 nitrogen and oxygen atoms in total. The van der Waals surface area contributed by atoms with Crippen LogP contribution in [0.4, 0.5) is 11.5 Å². The van der Waals surface area contributed by atoms with Gasteiger partial charge in [-0.1, -0.05) is 30.3 Å². The normalized spacial score (nSPS) is 10.3. The Bertz CT molecular complexity index is 649. The van der Waals surface area contributed by atoms with Gasteiger partial charge in [-0.15, -0.1) is 0 Å². The average Bonchev–Trinajstić information content (AvgIpc) is 2.53. The third-order valence-electron chi connectivity index (χ3n) is 2.85. The fourth-order valence-electron chi connectivity index (χ4n) is 1.88. The highest BCUT2D eigenvalue weighted by molar-refractivity contribution is 5.61. The van der Waals surface area contributed by atoms with Gasteiger partial charge in [0, 0.05) is 13.7 Å². The summed E-state index contributed by atoms with van der Waals surface area (Å²) in [5, 5.41) is 14.2. The average molecular weight is 304 g/mol. The van der Waals surface area contributed by atoms with E-state index in [1.54, 1.807) is 0 Å². The molecular weight excluding hydrogens is 288 g/mol. The van der Waals surface area contributed by atoms with E-state index in [1.165, 1.54) is 14.2 Å². The minimum absolute atomic E-state index is 0.0948. The summed E-state index contributed by atoms with van der Waals surface area (Å²) in [7, 11) is 2.82. The van der Waals surface area contributed by atoms with Gasteiger partial charge in [0.2, 0.25) is 5.82 Å². The number of hydrogen-bond acceptors (Lipinski definition) is 7. The van der Waals surface area contributed by atoms with E-state index in [0.29, 0.717) is 12.4 Å². The molecular formula is C14H16N4O4. The molecule has 1 N–H and O–H groups in total. The van der Waals surface area contributed by atoms with Crippen LogP contribution in [0.2, 0.25) is 0 Å². The van der Waals surface area contributed by atoms with Gasteiger partial charge in [-0.05, 0) is 5.56 Å². The minimum Gasteiger partial charge on any atom is -0.476 e. The van der Waals surface area contributed by atoms with E-state index in [9.17, 15) is 10.1 Å². The van der Waals surface area contributed by atoms with E-state index in [0.717, 1.165) is 5.56 Å². The molecule has 0 aliphatic carbocycles. The summed E-state index contributed by atoms with van der Waals surface area (Å²) in [5.74, 6) is 0.316. The highest BCUT2D eigenvalue weighted by Crippen LogP contribution is 2.32. The molecule has 0 radical (unpaired) electrons. The van der Waals surface area contributed by atoms with E-state index < -0.39 is 4.92 Å². The number of hydrogen-bond donors (Lipinski definition) is 1. The van der Waals surface area contributed by atoms with Crippen molar-refractivity contribution in [3.05, 3.63) is 51.8 Å². The van der Waals surface area contributed by atoms with Crippen LogP contribution in [0.15, 0.2) is 30.3 Å². The van der Waals surface area contributed by atoms with Gasteiger partial charge in [-0.25, -0.2) is 4.98 Å². The Morgan fingerprint density at radius 3 is 2.55 bits per heavy atom. The van der Waals surface area contributed by atoms with Crippen LogP contribution in [0.3, 0.4) is 0 Å². The van der Waals surface area contributed by atoms with Crippen molar-refractivity contribution in [2.75, 3.05) is 19.5 Å². The summed E-state index contributed by atoms with van der Waals surface area (Å²) < 4.78 is 9.97. The van der Waals surface area contributed by atoms with E-state index >= 15 is 0 Å². The smallest absolute Gasteiger partial charge is 0.372 e. The number of nitrogens with zero attached hydrogens (tertiary/aromatic N) is 3. The predicted octanol–water partition coefficient (Wildman–Crippen LogP) is 2.15. The second-order valence-corrected chi connectivity index (χ2v) is 4.38. The third-order valence-corrected chi connectivity index (χ3v) is 2.85. The van der Waals surface area contributed by atoms with E-state index in [1.807, 2.05) is 30.3 Å². The standard InChI is InChI=1S/C14H16N4O4/c1-21-9-11-16-13(12(18(19)20)14(17-11)22-2)15-8-10-6-4-3-5-7-10/h3-7H,8-9H2,1-2H3,(H,15,16,17). The van der Waals surface area contributed by atoms with Crippen molar-refractivity contribution in [1.29, 1.82) is 0 Å². The van der Waals surface area contributed by atoms with Crippen molar-refractivity contribution in [2.45, 2.75) is 13.2 Å². The van der Waals surface area contributed by atoms with Crippen LogP contribution in [0, 0.1) is 10.1 Å². The molecule has 0 saturated carbocycles. The zero-order chi connectivity index (χ0) is 15.9. The van der Waals surface area contributed by atoms with Crippen molar-refractivity contribution in [1.82, 2.24) is 9.97 Å². The first-order chi connectivity index (χ1) is 10.7. The molecule has 1 aromatic heterocycles. The molecule has 2 aromatic rings. The van der Waals surface area contributed by atoms with E-state index in [-0.39, 0.29) is 24.0 Å². The van der Waals surface area contributed by atoms with Gasteiger partial charge < -0.3 is 14.8 Å².